The van der Waals surface area contributed by atoms with Crippen molar-refractivity contribution in [2.75, 3.05) is 19.0 Å². The number of hydrogen-bond donors (Lipinski definition) is 0. The molecule has 0 aromatic heterocycles. The Kier molecular flexibility index (Phi) is 4.23. The molecule has 0 spiro atoms. The molecule has 10 heavy (non-hydrogen) atoms. The first kappa shape index (κ1) is 8.41. The van der Waals surface area contributed by atoms with Crippen molar-refractivity contribution in [3.63, 3.8) is 0 Å². The molecule has 1 aliphatic heterocycles. The van der Waals surface area contributed by atoms with Crippen LogP contribution < -0.4 is 0 Å². The van der Waals surface area contributed by atoms with Gasteiger partial charge < -0.3 is 4.74 Å². The Labute approximate surface area is 67.5 Å². The van der Waals surface area contributed by atoms with E-state index in [2.05, 4.69) is 6.92 Å². The van der Waals surface area contributed by atoms with Crippen LogP contribution in [0.15, 0.2) is 0 Å². The highest BCUT2D eigenvalue weighted by atomic mass is 32.2. The monoisotopic (exact) mass is 160 g/mol. The maximum Gasteiger partial charge on any atom is 0.0585 e. The Morgan fingerprint density at radius 2 is 2.40 bits per heavy atom. The molecule has 0 radical (unpaired) electrons. The van der Waals surface area contributed by atoms with E-state index in [0.29, 0.717) is 0 Å². The minimum absolute atomic E-state index is 0.830. The average Bonchev–Trinajstić information content (AvgIpc) is 1.84. The lowest BCUT2D eigenvalue weighted by molar-refractivity contribution is 0.130. The summed E-state index contributed by atoms with van der Waals surface area (Å²) in [6.07, 6.45) is 3.84. The molecule has 0 bridgehead atoms. The van der Waals surface area contributed by atoms with E-state index in [1.54, 1.807) is 0 Å². The van der Waals surface area contributed by atoms with Crippen LogP contribution in [-0.2, 0) is 4.74 Å². The topological polar surface area (TPSA) is 9.23 Å². The fourth-order valence-corrected chi connectivity index (χ4v) is 1.64. The standard InChI is InChI=1S/C8H16OS/c1-2-3-5-9-7-8-4-6-10-8/h8H,2-7H2,1H3. The van der Waals surface area contributed by atoms with Crippen molar-refractivity contribution < 1.29 is 4.74 Å². The summed E-state index contributed by atoms with van der Waals surface area (Å²) in [5.41, 5.74) is 0. The smallest absolute Gasteiger partial charge is 0.0585 e. The molecule has 1 aliphatic rings. The molecule has 0 aromatic rings. The minimum atomic E-state index is 0.830. The van der Waals surface area contributed by atoms with Crippen LogP contribution in [0.25, 0.3) is 0 Å². The summed E-state index contributed by atoms with van der Waals surface area (Å²) >= 11 is 2.04. The Hall–Kier alpha value is 0.310. The van der Waals surface area contributed by atoms with Gasteiger partial charge in [-0.25, -0.2) is 0 Å². The van der Waals surface area contributed by atoms with Gasteiger partial charge in [-0.3, -0.25) is 0 Å². The van der Waals surface area contributed by atoms with Gasteiger partial charge in [0.2, 0.25) is 0 Å². The third-order valence-corrected chi connectivity index (χ3v) is 3.05. The SMILES string of the molecule is CCCCOCC1CCS1. The second-order valence-electron chi connectivity index (χ2n) is 2.71. The quantitative estimate of drug-likeness (QED) is 0.571. The van der Waals surface area contributed by atoms with Gasteiger partial charge in [0.15, 0.2) is 0 Å². The van der Waals surface area contributed by atoms with Gasteiger partial charge in [0.1, 0.15) is 0 Å². The van der Waals surface area contributed by atoms with Crippen LogP contribution in [-0.4, -0.2) is 24.2 Å². The molecule has 1 unspecified atom stereocenters. The van der Waals surface area contributed by atoms with Crippen LogP contribution >= 0.6 is 11.8 Å². The summed E-state index contributed by atoms with van der Waals surface area (Å²) in [5.74, 6) is 1.35. The molecule has 1 nitrogen and oxygen atoms in total. The largest absolute Gasteiger partial charge is 0.380 e. The first-order chi connectivity index (χ1) is 4.93. The zero-order valence-corrected chi connectivity index (χ0v) is 7.45. The minimum Gasteiger partial charge on any atom is -0.380 e. The third-order valence-electron chi connectivity index (χ3n) is 1.74. The number of thioether (sulfide) groups is 1. The van der Waals surface area contributed by atoms with Gasteiger partial charge in [-0.2, -0.15) is 11.8 Å². The summed E-state index contributed by atoms with van der Waals surface area (Å²) in [4.78, 5) is 0. The molecule has 0 aromatic carbocycles. The van der Waals surface area contributed by atoms with Gasteiger partial charge in [0.05, 0.1) is 6.61 Å². The maximum absolute atomic E-state index is 5.46. The average molecular weight is 160 g/mol. The van der Waals surface area contributed by atoms with Gasteiger partial charge in [0, 0.05) is 11.9 Å². The van der Waals surface area contributed by atoms with Gasteiger partial charge >= 0.3 is 0 Å². The van der Waals surface area contributed by atoms with E-state index in [9.17, 15) is 0 Å². The molecule has 60 valence electrons. The number of hydrogen-bond acceptors (Lipinski definition) is 2. The van der Waals surface area contributed by atoms with E-state index in [0.717, 1.165) is 18.5 Å². The van der Waals surface area contributed by atoms with Crippen molar-refractivity contribution in [1.29, 1.82) is 0 Å². The van der Waals surface area contributed by atoms with E-state index in [-0.39, 0.29) is 0 Å². The second-order valence-corrected chi connectivity index (χ2v) is 4.12. The number of unbranched alkanes of at least 4 members (excludes halogenated alkanes) is 1. The number of rotatable bonds is 5. The Bertz CT molecular complexity index is 81.3. The molecular weight excluding hydrogens is 144 g/mol. The third kappa shape index (κ3) is 2.93. The van der Waals surface area contributed by atoms with E-state index in [1.807, 2.05) is 11.8 Å². The van der Waals surface area contributed by atoms with Crippen LogP contribution in [0.5, 0.6) is 0 Å². The predicted molar refractivity (Wildman–Crippen MR) is 46.6 cm³/mol. The highest BCUT2D eigenvalue weighted by molar-refractivity contribution is 8.01. The summed E-state index contributed by atoms with van der Waals surface area (Å²) < 4.78 is 5.46. The molecule has 1 rings (SSSR count). The molecule has 1 fully saturated rings. The Balaban J connectivity index is 1.76. The number of ether oxygens (including phenoxy) is 1. The Morgan fingerprint density at radius 3 is 2.90 bits per heavy atom. The molecule has 0 aliphatic carbocycles. The van der Waals surface area contributed by atoms with Gasteiger partial charge in [0.25, 0.3) is 0 Å². The fraction of sp³-hybridized carbons (Fsp3) is 1.00. The molecule has 1 atom stereocenters. The molecule has 2 heteroatoms. The molecule has 1 saturated heterocycles. The lowest BCUT2D eigenvalue weighted by Crippen LogP contribution is -2.21. The molecule has 0 N–H and O–H groups in total. The predicted octanol–water partition coefficient (Wildman–Crippen LogP) is 2.31. The van der Waals surface area contributed by atoms with Gasteiger partial charge in [-0.15, -0.1) is 0 Å². The van der Waals surface area contributed by atoms with Gasteiger partial charge in [-0.05, 0) is 18.6 Å². The van der Waals surface area contributed by atoms with E-state index in [1.165, 1.54) is 25.0 Å². The van der Waals surface area contributed by atoms with Crippen LogP contribution in [0.3, 0.4) is 0 Å². The highest BCUT2D eigenvalue weighted by Gasteiger charge is 2.17. The van der Waals surface area contributed by atoms with Gasteiger partial charge in [-0.1, -0.05) is 13.3 Å². The van der Waals surface area contributed by atoms with Crippen LogP contribution in [0.1, 0.15) is 26.2 Å². The molecular formula is C8H16OS. The van der Waals surface area contributed by atoms with Crippen molar-refractivity contribution in [3.05, 3.63) is 0 Å². The summed E-state index contributed by atoms with van der Waals surface area (Å²) in [5, 5.41) is 0.830. The summed E-state index contributed by atoms with van der Waals surface area (Å²) in [6.45, 7) is 4.15. The zero-order chi connectivity index (χ0) is 7.23. The highest BCUT2D eigenvalue weighted by Crippen LogP contribution is 2.27. The fourth-order valence-electron chi connectivity index (χ4n) is 0.877. The first-order valence-corrected chi connectivity index (χ1v) is 5.17. The van der Waals surface area contributed by atoms with E-state index >= 15 is 0 Å². The maximum atomic E-state index is 5.46. The molecule has 1 heterocycles. The lowest BCUT2D eigenvalue weighted by atomic mass is 10.3. The van der Waals surface area contributed by atoms with Crippen molar-refractivity contribution in [3.8, 4) is 0 Å². The molecule has 0 saturated carbocycles. The van der Waals surface area contributed by atoms with Crippen LogP contribution in [0.4, 0.5) is 0 Å². The van der Waals surface area contributed by atoms with Crippen LogP contribution in [0, 0.1) is 0 Å². The Morgan fingerprint density at radius 1 is 1.60 bits per heavy atom. The summed E-state index contributed by atoms with van der Waals surface area (Å²) in [7, 11) is 0. The van der Waals surface area contributed by atoms with Crippen molar-refractivity contribution >= 4 is 11.8 Å². The van der Waals surface area contributed by atoms with E-state index in [4.69, 9.17) is 4.74 Å². The van der Waals surface area contributed by atoms with Crippen LogP contribution in [0.2, 0.25) is 0 Å². The summed E-state index contributed by atoms with van der Waals surface area (Å²) in [6, 6.07) is 0. The van der Waals surface area contributed by atoms with E-state index < -0.39 is 0 Å². The molecule has 0 amide bonds. The van der Waals surface area contributed by atoms with Crippen molar-refractivity contribution in [2.24, 2.45) is 0 Å². The first-order valence-electron chi connectivity index (χ1n) is 4.13. The lowest BCUT2D eigenvalue weighted by Gasteiger charge is -2.24. The van der Waals surface area contributed by atoms with Crippen molar-refractivity contribution in [1.82, 2.24) is 0 Å². The zero-order valence-electron chi connectivity index (χ0n) is 6.64. The normalized spacial score (nSPS) is 24.3. The second kappa shape index (κ2) is 5.03. The van der Waals surface area contributed by atoms with Crippen molar-refractivity contribution in [2.45, 2.75) is 31.4 Å².